The quantitative estimate of drug-likeness (QED) is 0.672. The van der Waals surface area contributed by atoms with Gasteiger partial charge in [0.1, 0.15) is 17.5 Å². The van der Waals surface area contributed by atoms with Crippen LogP contribution in [0, 0.1) is 5.82 Å². The fraction of sp³-hybridized carbons (Fsp3) is 0.619. The molecule has 2 saturated heterocycles. The number of halogens is 1. The van der Waals surface area contributed by atoms with Gasteiger partial charge in [-0.25, -0.2) is 9.18 Å². The fourth-order valence-corrected chi connectivity index (χ4v) is 3.77. The summed E-state index contributed by atoms with van der Waals surface area (Å²) in [7, 11) is 0. The molecular weight excluding hydrogens is 393 g/mol. The maximum Gasteiger partial charge on any atom is 0.410 e. The predicted molar refractivity (Wildman–Crippen MR) is 109 cm³/mol. The van der Waals surface area contributed by atoms with Crippen molar-refractivity contribution in [2.24, 2.45) is 0 Å². The van der Waals surface area contributed by atoms with Crippen molar-refractivity contribution in [1.29, 1.82) is 0 Å². The molecule has 0 bridgehead atoms. The van der Waals surface area contributed by atoms with E-state index < -0.39 is 24.0 Å². The number of hydrogen-bond donors (Lipinski definition) is 0. The summed E-state index contributed by atoms with van der Waals surface area (Å²) in [6.45, 7) is 9.50. The van der Waals surface area contributed by atoms with Gasteiger partial charge in [0.05, 0.1) is 13.2 Å². The van der Waals surface area contributed by atoms with Crippen LogP contribution < -0.4 is 4.90 Å². The molecule has 30 heavy (non-hydrogen) atoms. The van der Waals surface area contributed by atoms with E-state index in [1.807, 2.05) is 25.7 Å². The molecule has 0 spiro atoms. The van der Waals surface area contributed by atoms with Gasteiger partial charge in [-0.3, -0.25) is 14.6 Å². The van der Waals surface area contributed by atoms with Gasteiger partial charge in [-0.1, -0.05) is 0 Å². The zero-order valence-electron chi connectivity index (χ0n) is 17.8. The summed E-state index contributed by atoms with van der Waals surface area (Å²) in [4.78, 5) is 29.8. The van der Waals surface area contributed by atoms with E-state index in [1.54, 1.807) is 17.0 Å². The molecule has 2 atom stereocenters. The minimum Gasteiger partial charge on any atom is -0.446 e. The summed E-state index contributed by atoms with van der Waals surface area (Å²) in [6, 6.07) is 5.93. The van der Waals surface area contributed by atoms with Crippen molar-refractivity contribution in [2.45, 2.75) is 38.6 Å². The second-order valence-corrected chi connectivity index (χ2v) is 8.44. The van der Waals surface area contributed by atoms with E-state index in [2.05, 4.69) is 4.90 Å². The van der Waals surface area contributed by atoms with Crippen LogP contribution in [0.2, 0.25) is 0 Å². The zero-order chi connectivity index (χ0) is 21.7. The molecule has 166 valence electrons. The number of rotatable bonds is 5. The first-order valence-electron chi connectivity index (χ1n) is 10.2. The molecule has 1 amide bonds. The van der Waals surface area contributed by atoms with E-state index in [-0.39, 0.29) is 12.4 Å². The molecule has 0 radical (unpaired) electrons. The molecule has 2 aliphatic rings. The first-order valence-corrected chi connectivity index (χ1v) is 10.2. The number of benzene rings is 1. The molecule has 3 rings (SSSR count). The first kappa shape index (κ1) is 22.3. The van der Waals surface area contributed by atoms with Crippen molar-refractivity contribution in [3.63, 3.8) is 0 Å². The molecule has 2 fully saturated rings. The summed E-state index contributed by atoms with van der Waals surface area (Å²) in [5.41, 5.74) is 0.321. The molecule has 0 aliphatic carbocycles. The highest BCUT2D eigenvalue weighted by Gasteiger charge is 2.40. The molecule has 8 nitrogen and oxygen atoms in total. The van der Waals surface area contributed by atoms with Crippen molar-refractivity contribution in [3.05, 3.63) is 30.1 Å². The maximum atomic E-state index is 13.2. The first-order chi connectivity index (χ1) is 14.3. The lowest BCUT2D eigenvalue weighted by Crippen LogP contribution is -2.63. The number of amides is 1. The normalized spacial score (nSPS) is 21.8. The van der Waals surface area contributed by atoms with Gasteiger partial charge in [-0.05, 0) is 45.0 Å². The van der Waals surface area contributed by atoms with Crippen molar-refractivity contribution in [1.82, 2.24) is 9.80 Å². The van der Waals surface area contributed by atoms with Crippen molar-refractivity contribution in [3.8, 4) is 0 Å². The zero-order valence-corrected chi connectivity index (χ0v) is 17.8. The summed E-state index contributed by atoms with van der Waals surface area (Å²) < 4.78 is 29.8. The van der Waals surface area contributed by atoms with E-state index in [9.17, 15) is 14.0 Å². The van der Waals surface area contributed by atoms with Crippen molar-refractivity contribution < 1.29 is 28.2 Å². The monoisotopic (exact) mass is 423 g/mol. The van der Waals surface area contributed by atoms with E-state index in [1.165, 1.54) is 12.1 Å². The van der Waals surface area contributed by atoms with Crippen LogP contribution >= 0.6 is 0 Å². The lowest BCUT2D eigenvalue weighted by Gasteiger charge is -2.45. The Morgan fingerprint density at radius 1 is 1.17 bits per heavy atom. The van der Waals surface area contributed by atoms with Gasteiger partial charge in [-0.15, -0.1) is 0 Å². The Labute approximate surface area is 176 Å². The van der Waals surface area contributed by atoms with Gasteiger partial charge in [0.2, 0.25) is 0 Å². The number of nitrogens with zero attached hydrogens (tertiary/aromatic N) is 3. The van der Waals surface area contributed by atoms with Gasteiger partial charge in [0, 0.05) is 38.4 Å². The number of carbonyl (C=O) groups excluding carboxylic acids is 2. The van der Waals surface area contributed by atoms with Crippen LogP contribution in [0.1, 0.15) is 20.8 Å². The van der Waals surface area contributed by atoms with Crippen LogP contribution in [0.25, 0.3) is 0 Å². The molecule has 0 aromatic heterocycles. The van der Waals surface area contributed by atoms with Crippen LogP contribution in [-0.2, 0) is 19.0 Å². The highest BCUT2D eigenvalue weighted by Crippen LogP contribution is 2.23. The Hall–Kier alpha value is -2.39. The summed E-state index contributed by atoms with van der Waals surface area (Å²) in [6.07, 6.45) is -1.08. The Bertz CT molecular complexity index is 716. The number of anilines is 1. The number of ether oxygens (including phenoxy) is 3. The van der Waals surface area contributed by atoms with Gasteiger partial charge < -0.3 is 19.1 Å². The lowest BCUT2D eigenvalue weighted by atomic mass is 10.1. The van der Waals surface area contributed by atoms with Crippen LogP contribution in [-0.4, -0.2) is 86.2 Å². The third-order valence-electron chi connectivity index (χ3n) is 5.18. The van der Waals surface area contributed by atoms with Gasteiger partial charge in [0.25, 0.3) is 6.47 Å². The third-order valence-corrected chi connectivity index (χ3v) is 5.18. The van der Waals surface area contributed by atoms with Crippen LogP contribution in [0.5, 0.6) is 0 Å². The highest BCUT2D eigenvalue weighted by atomic mass is 19.1. The van der Waals surface area contributed by atoms with E-state index in [4.69, 9.17) is 14.2 Å². The maximum absolute atomic E-state index is 13.2. The number of carbonyl (C=O) groups is 2. The average molecular weight is 423 g/mol. The van der Waals surface area contributed by atoms with Crippen molar-refractivity contribution in [2.75, 3.05) is 50.8 Å². The Kier molecular flexibility index (Phi) is 7.14. The second-order valence-electron chi connectivity index (χ2n) is 8.44. The highest BCUT2D eigenvalue weighted by molar-refractivity contribution is 5.69. The molecule has 2 heterocycles. The lowest BCUT2D eigenvalue weighted by molar-refractivity contribution is -0.161. The molecule has 0 saturated carbocycles. The van der Waals surface area contributed by atoms with Crippen LogP contribution in [0.4, 0.5) is 14.9 Å². The minimum absolute atomic E-state index is 0.260. The Balaban J connectivity index is 1.68. The van der Waals surface area contributed by atoms with E-state index in [0.29, 0.717) is 45.8 Å². The van der Waals surface area contributed by atoms with Crippen LogP contribution in [0.15, 0.2) is 24.3 Å². The van der Waals surface area contributed by atoms with E-state index >= 15 is 0 Å². The SMILES string of the molecule is CC(C)(C)OC(=O)N1CCOCC1C(OC=O)N1CCN(c2ccc(F)cc2)CC1. The van der Waals surface area contributed by atoms with Gasteiger partial charge in [-0.2, -0.15) is 0 Å². The molecule has 1 aromatic carbocycles. The molecule has 9 heteroatoms. The fourth-order valence-electron chi connectivity index (χ4n) is 3.77. The summed E-state index contributed by atoms with van der Waals surface area (Å²) in [5, 5.41) is 0. The third kappa shape index (κ3) is 5.60. The average Bonchev–Trinajstić information content (AvgIpc) is 2.72. The smallest absolute Gasteiger partial charge is 0.410 e. The predicted octanol–water partition coefficient (Wildman–Crippen LogP) is 2.08. The second kappa shape index (κ2) is 9.61. The molecule has 0 N–H and O–H groups in total. The number of morpholine rings is 1. The number of piperazine rings is 1. The van der Waals surface area contributed by atoms with Crippen LogP contribution in [0.3, 0.4) is 0 Å². The molecule has 1 aromatic rings. The Morgan fingerprint density at radius 2 is 1.83 bits per heavy atom. The standard InChI is InChI=1S/C21H30FN3O5/c1-21(2,3)30-20(27)25-12-13-28-14-18(25)19(29-15-26)24-10-8-23(9-11-24)17-6-4-16(22)5-7-17/h4-7,15,18-19H,8-14H2,1-3H3. The van der Waals surface area contributed by atoms with Gasteiger partial charge in [0.15, 0.2) is 6.23 Å². The largest absolute Gasteiger partial charge is 0.446 e. The summed E-state index contributed by atoms with van der Waals surface area (Å²) in [5.74, 6) is -0.267. The topological polar surface area (TPSA) is 71.5 Å². The minimum atomic E-state index is -0.634. The summed E-state index contributed by atoms with van der Waals surface area (Å²) >= 11 is 0. The molecular formula is C21H30FN3O5. The Morgan fingerprint density at radius 3 is 2.43 bits per heavy atom. The van der Waals surface area contributed by atoms with Gasteiger partial charge >= 0.3 is 6.09 Å². The number of hydrogen-bond acceptors (Lipinski definition) is 7. The molecule has 2 aliphatic heterocycles. The molecule has 2 unspecified atom stereocenters. The van der Waals surface area contributed by atoms with Crippen molar-refractivity contribution >= 4 is 18.3 Å². The van der Waals surface area contributed by atoms with E-state index in [0.717, 1.165) is 5.69 Å².